The quantitative estimate of drug-likeness (QED) is 0.780. The Balaban J connectivity index is 1.39. The summed E-state index contributed by atoms with van der Waals surface area (Å²) >= 11 is 0. The maximum atomic E-state index is 3.76. The molecule has 1 fully saturated rings. The second-order valence-corrected chi connectivity index (χ2v) is 7.27. The molecule has 3 aromatic rings. The third-order valence-corrected chi connectivity index (χ3v) is 5.38. The lowest BCUT2D eigenvalue weighted by Gasteiger charge is -2.38. The normalized spacial score (nSPS) is 21.5. The molecule has 128 valence electrons. The van der Waals surface area contributed by atoms with Crippen molar-refractivity contribution in [3.63, 3.8) is 0 Å². The van der Waals surface area contributed by atoms with Crippen LogP contribution in [0.15, 0.2) is 72.8 Å². The van der Waals surface area contributed by atoms with Crippen LogP contribution in [0.5, 0.6) is 0 Å². The lowest BCUT2D eigenvalue weighted by molar-refractivity contribution is 0.162. The van der Waals surface area contributed by atoms with Crippen molar-refractivity contribution in [3.05, 3.63) is 83.9 Å². The summed E-state index contributed by atoms with van der Waals surface area (Å²) in [5, 5.41) is 6.43. The van der Waals surface area contributed by atoms with Crippen LogP contribution >= 0.6 is 0 Å². The van der Waals surface area contributed by atoms with Crippen molar-refractivity contribution in [2.24, 2.45) is 0 Å². The van der Waals surface area contributed by atoms with E-state index in [-0.39, 0.29) is 0 Å². The van der Waals surface area contributed by atoms with Crippen LogP contribution < -0.4 is 5.32 Å². The Labute approximate surface area is 150 Å². The molecule has 2 heteroatoms. The van der Waals surface area contributed by atoms with Crippen molar-refractivity contribution in [2.45, 2.75) is 24.9 Å². The first kappa shape index (κ1) is 16.3. The number of nitrogens with one attached hydrogen (secondary N) is 1. The first-order chi connectivity index (χ1) is 12.3. The van der Waals surface area contributed by atoms with E-state index in [1.807, 2.05) is 0 Å². The number of fused-ring (bicyclic) bond motifs is 1. The molecule has 1 heterocycles. The highest BCUT2D eigenvalue weighted by molar-refractivity contribution is 5.83. The van der Waals surface area contributed by atoms with Crippen molar-refractivity contribution in [1.29, 1.82) is 0 Å². The van der Waals surface area contributed by atoms with Gasteiger partial charge in [0, 0.05) is 25.2 Å². The van der Waals surface area contributed by atoms with Crippen LogP contribution in [0.4, 0.5) is 0 Å². The van der Waals surface area contributed by atoms with E-state index < -0.39 is 0 Å². The summed E-state index contributed by atoms with van der Waals surface area (Å²) in [7, 11) is 2.27. The van der Waals surface area contributed by atoms with Gasteiger partial charge in [-0.25, -0.2) is 0 Å². The van der Waals surface area contributed by atoms with Gasteiger partial charge in [-0.15, -0.1) is 0 Å². The van der Waals surface area contributed by atoms with Gasteiger partial charge in [-0.2, -0.15) is 0 Å². The monoisotopic (exact) mass is 330 g/mol. The summed E-state index contributed by atoms with van der Waals surface area (Å²) in [5.74, 6) is 0. The molecule has 2 nitrogen and oxygen atoms in total. The van der Waals surface area contributed by atoms with Gasteiger partial charge >= 0.3 is 0 Å². The molecule has 0 saturated carbocycles. The Morgan fingerprint density at radius 1 is 0.840 bits per heavy atom. The Kier molecular flexibility index (Phi) is 4.82. The predicted octanol–water partition coefficient (Wildman–Crippen LogP) is 3.90. The molecule has 0 aromatic heterocycles. The van der Waals surface area contributed by atoms with Gasteiger partial charge in [-0.1, -0.05) is 72.8 Å². The van der Waals surface area contributed by atoms with Crippen LogP contribution in [0.3, 0.4) is 0 Å². The maximum Gasteiger partial charge on any atom is 0.0258 e. The van der Waals surface area contributed by atoms with Crippen LogP contribution in [0.25, 0.3) is 10.8 Å². The predicted molar refractivity (Wildman–Crippen MR) is 106 cm³/mol. The van der Waals surface area contributed by atoms with E-state index in [9.17, 15) is 0 Å². The Morgan fingerprint density at radius 3 is 2.40 bits per heavy atom. The standard InChI is InChI=1S/C23H26N2/c1-25-17-22(14-18-7-3-2-4-8-18)24-16-23(25)15-19-11-12-20-9-5-6-10-21(20)13-19/h2-13,22-24H,14-17H2,1H3/t22-,23+/m0/s1. The first-order valence-corrected chi connectivity index (χ1v) is 9.23. The zero-order valence-corrected chi connectivity index (χ0v) is 14.9. The number of rotatable bonds is 4. The van der Waals surface area contributed by atoms with E-state index in [4.69, 9.17) is 0 Å². The maximum absolute atomic E-state index is 3.76. The lowest BCUT2D eigenvalue weighted by Crippen LogP contribution is -2.56. The summed E-state index contributed by atoms with van der Waals surface area (Å²) < 4.78 is 0. The SMILES string of the molecule is CN1C[C@H](Cc2ccccc2)NC[C@H]1Cc1ccc2ccccc2c1. The summed E-state index contributed by atoms with van der Waals surface area (Å²) in [4.78, 5) is 2.53. The van der Waals surface area contributed by atoms with Crippen molar-refractivity contribution < 1.29 is 0 Å². The summed E-state index contributed by atoms with van der Waals surface area (Å²) in [6, 6.07) is 27.4. The highest BCUT2D eigenvalue weighted by atomic mass is 15.2. The van der Waals surface area contributed by atoms with Crippen LogP contribution in [0.2, 0.25) is 0 Å². The third-order valence-electron chi connectivity index (χ3n) is 5.38. The average molecular weight is 330 g/mol. The average Bonchev–Trinajstić information content (AvgIpc) is 2.65. The van der Waals surface area contributed by atoms with Crippen LogP contribution in [-0.4, -0.2) is 37.1 Å². The molecule has 0 amide bonds. The molecule has 0 spiro atoms. The topological polar surface area (TPSA) is 15.3 Å². The number of likely N-dealkylation sites (N-methyl/N-ethyl adjacent to an activating group) is 1. The molecule has 3 aromatic carbocycles. The van der Waals surface area contributed by atoms with Gasteiger partial charge in [0.1, 0.15) is 0 Å². The fourth-order valence-corrected chi connectivity index (χ4v) is 3.92. The van der Waals surface area contributed by atoms with Crippen LogP contribution in [-0.2, 0) is 12.8 Å². The van der Waals surface area contributed by atoms with Gasteiger partial charge in [0.05, 0.1) is 0 Å². The summed E-state index contributed by atoms with van der Waals surface area (Å²) in [5.41, 5.74) is 2.85. The number of piperazine rings is 1. The van der Waals surface area contributed by atoms with Gasteiger partial charge in [0.2, 0.25) is 0 Å². The van der Waals surface area contributed by atoms with E-state index >= 15 is 0 Å². The third kappa shape index (κ3) is 3.92. The Morgan fingerprint density at radius 2 is 1.60 bits per heavy atom. The van der Waals surface area contributed by atoms with Crippen molar-refractivity contribution in [1.82, 2.24) is 10.2 Å². The zero-order valence-electron chi connectivity index (χ0n) is 14.9. The summed E-state index contributed by atoms with van der Waals surface area (Å²) in [6.07, 6.45) is 2.21. The minimum absolute atomic E-state index is 0.542. The molecule has 4 rings (SSSR count). The van der Waals surface area contributed by atoms with E-state index in [0.29, 0.717) is 12.1 Å². The largest absolute Gasteiger partial charge is 0.311 e. The fourth-order valence-electron chi connectivity index (χ4n) is 3.92. The molecule has 0 aliphatic carbocycles. The van der Waals surface area contributed by atoms with E-state index in [2.05, 4.69) is 90.1 Å². The molecule has 1 N–H and O–H groups in total. The smallest absolute Gasteiger partial charge is 0.0258 e. The van der Waals surface area contributed by atoms with Gasteiger partial charge in [0.15, 0.2) is 0 Å². The minimum Gasteiger partial charge on any atom is -0.311 e. The summed E-state index contributed by atoms with van der Waals surface area (Å²) in [6.45, 7) is 2.16. The van der Waals surface area contributed by atoms with E-state index in [1.54, 1.807) is 0 Å². The fraction of sp³-hybridized carbons (Fsp3) is 0.304. The molecule has 25 heavy (non-hydrogen) atoms. The lowest BCUT2D eigenvalue weighted by atomic mass is 9.97. The highest BCUT2D eigenvalue weighted by Gasteiger charge is 2.25. The zero-order chi connectivity index (χ0) is 17.1. The molecule has 1 saturated heterocycles. The van der Waals surface area contributed by atoms with E-state index in [1.165, 1.54) is 21.9 Å². The second kappa shape index (κ2) is 7.38. The van der Waals surface area contributed by atoms with Gasteiger partial charge < -0.3 is 10.2 Å². The number of hydrogen-bond acceptors (Lipinski definition) is 2. The molecule has 0 radical (unpaired) electrons. The molecule has 0 bridgehead atoms. The van der Waals surface area contributed by atoms with Gasteiger partial charge in [-0.05, 0) is 41.8 Å². The molecular formula is C23H26N2. The van der Waals surface area contributed by atoms with E-state index in [0.717, 1.165) is 25.9 Å². The minimum atomic E-state index is 0.542. The first-order valence-electron chi connectivity index (χ1n) is 9.23. The van der Waals surface area contributed by atoms with Gasteiger partial charge in [-0.3, -0.25) is 0 Å². The number of benzene rings is 3. The number of nitrogens with zero attached hydrogens (tertiary/aromatic N) is 1. The van der Waals surface area contributed by atoms with Crippen molar-refractivity contribution >= 4 is 10.8 Å². The van der Waals surface area contributed by atoms with Crippen LogP contribution in [0.1, 0.15) is 11.1 Å². The van der Waals surface area contributed by atoms with Crippen LogP contribution in [0, 0.1) is 0 Å². The molecular weight excluding hydrogens is 304 g/mol. The Bertz CT molecular complexity index is 828. The molecule has 0 unspecified atom stereocenters. The highest BCUT2D eigenvalue weighted by Crippen LogP contribution is 2.19. The Hall–Kier alpha value is -2.16. The van der Waals surface area contributed by atoms with Crippen molar-refractivity contribution in [3.8, 4) is 0 Å². The van der Waals surface area contributed by atoms with Crippen molar-refractivity contribution in [2.75, 3.05) is 20.1 Å². The second-order valence-electron chi connectivity index (χ2n) is 7.27. The molecule has 1 aliphatic heterocycles. The molecule has 2 atom stereocenters. The van der Waals surface area contributed by atoms with Gasteiger partial charge in [0.25, 0.3) is 0 Å². The molecule has 1 aliphatic rings. The number of hydrogen-bond donors (Lipinski definition) is 1.